The Kier molecular flexibility index (Phi) is 5.37. The molecule has 0 spiro atoms. The number of pyridine rings is 1. The van der Waals surface area contributed by atoms with Gasteiger partial charge < -0.3 is 5.32 Å². The Balaban J connectivity index is 2.17. The largest absolute Gasteiger partial charge is 0.310 e. The highest BCUT2D eigenvalue weighted by molar-refractivity contribution is 6.31. The summed E-state index contributed by atoms with van der Waals surface area (Å²) in [7, 11) is 0. The molecule has 0 amide bonds. The Labute approximate surface area is 119 Å². The van der Waals surface area contributed by atoms with Gasteiger partial charge in [-0.3, -0.25) is 4.98 Å². The highest BCUT2D eigenvalue weighted by Gasteiger charge is 2.13. The van der Waals surface area contributed by atoms with Gasteiger partial charge in [0, 0.05) is 18.7 Å². The summed E-state index contributed by atoms with van der Waals surface area (Å²) in [5, 5.41) is 4.30. The van der Waals surface area contributed by atoms with Crippen molar-refractivity contribution < 1.29 is 0 Å². The standard InChI is InChI=1S/C16H19ClN2/c1-2-10-18-15(13-7-4-3-5-8-13)12-16-14(17)9-6-11-19-16/h3-9,11,15,18H,2,10,12H2,1H3. The van der Waals surface area contributed by atoms with Crippen molar-refractivity contribution in [3.63, 3.8) is 0 Å². The van der Waals surface area contributed by atoms with Crippen LogP contribution >= 0.6 is 11.6 Å². The smallest absolute Gasteiger partial charge is 0.0622 e. The first kappa shape index (κ1) is 14.0. The van der Waals surface area contributed by atoms with Crippen molar-refractivity contribution >= 4 is 11.6 Å². The predicted octanol–water partition coefficient (Wildman–Crippen LogP) is 4.02. The van der Waals surface area contributed by atoms with Crippen molar-refractivity contribution in [2.45, 2.75) is 25.8 Å². The molecule has 0 aliphatic rings. The first-order valence-corrected chi connectivity index (χ1v) is 7.06. The summed E-state index contributed by atoms with van der Waals surface area (Å²) < 4.78 is 0. The van der Waals surface area contributed by atoms with Crippen molar-refractivity contribution in [2.75, 3.05) is 6.54 Å². The van der Waals surface area contributed by atoms with Crippen LogP contribution in [0.4, 0.5) is 0 Å². The van der Waals surface area contributed by atoms with Crippen LogP contribution in [0.25, 0.3) is 0 Å². The van der Waals surface area contributed by atoms with E-state index in [0.717, 1.165) is 30.1 Å². The number of halogens is 1. The van der Waals surface area contributed by atoms with E-state index >= 15 is 0 Å². The minimum absolute atomic E-state index is 0.258. The maximum atomic E-state index is 6.20. The van der Waals surface area contributed by atoms with Crippen LogP contribution in [-0.4, -0.2) is 11.5 Å². The highest BCUT2D eigenvalue weighted by atomic mass is 35.5. The van der Waals surface area contributed by atoms with Crippen molar-refractivity contribution in [3.8, 4) is 0 Å². The van der Waals surface area contributed by atoms with Crippen molar-refractivity contribution in [1.29, 1.82) is 0 Å². The number of nitrogens with one attached hydrogen (secondary N) is 1. The molecule has 2 aromatic rings. The number of benzene rings is 1. The van der Waals surface area contributed by atoms with Gasteiger partial charge in [0.25, 0.3) is 0 Å². The Hall–Kier alpha value is -1.38. The molecule has 0 saturated heterocycles. The molecule has 0 saturated carbocycles. The van der Waals surface area contributed by atoms with Gasteiger partial charge in [-0.15, -0.1) is 0 Å². The highest BCUT2D eigenvalue weighted by Crippen LogP contribution is 2.21. The van der Waals surface area contributed by atoms with Crippen LogP contribution < -0.4 is 5.32 Å². The molecular formula is C16H19ClN2. The number of hydrogen-bond donors (Lipinski definition) is 1. The third-order valence-electron chi connectivity index (χ3n) is 3.07. The summed E-state index contributed by atoms with van der Waals surface area (Å²) >= 11 is 6.20. The summed E-state index contributed by atoms with van der Waals surface area (Å²) in [6.07, 6.45) is 3.71. The molecule has 1 heterocycles. The van der Waals surface area contributed by atoms with E-state index in [1.54, 1.807) is 6.20 Å². The fraction of sp³-hybridized carbons (Fsp3) is 0.312. The van der Waals surface area contributed by atoms with Crippen molar-refractivity contribution in [2.24, 2.45) is 0 Å². The van der Waals surface area contributed by atoms with Gasteiger partial charge in [-0.2, -0.15) is 0 Å². The van der Waals surface area contributed by atoms with Crippen molar-refractivity contribution in [3.05, 3.63) is 64.9 Å². The number of aromatic nitrogens is 1. The van der Waals surface area contributed by atoms with E-state index in [4.69, 9.17) is 11.6 Å². The molecule has 2 rings (SSSR count). The molecular weight excluding hydrogens is 256 g/mol. The molecule has 2 nitrogen and oxygen atoms in total. The van der Waals surface area contributed by atoms with E-state index in [1.807, 2.05) is 18.2 Å². The summed E-state index contributed by atoms with van der Waals surface area (Å²) in [6, 6.07) is 14.5. The Morgan fingerprint density at radius 2 is 1.95 bits per heavy atom. The van der Waals surface area contributed by atoms with Crippen LogP contribution in [0.5, 0.6) is 0 Å². The molecule has 0 fully saturated rings. The Morgan fingerprint density at radius 1 is 1.16 bits per heavy atom. The lowest BCUT2D eigenvalue weighted by molar-refractivity contribution is 0.524. The summed E-state index contributed by atoms with van der Waals surface area (Å²) in [5.41, 5.74) is 2.22. The minimum atomic E-state index is 0.258. The first-order valence-electron chi connectivity index (χ1n) is 6.69. The molecule has 19 heavy (non-hydrogen) atoms. The Bertz CT molecular complexity index is 499. The van der Waals surface area contributed by atoms with E-state index in [-0.39, 0.29) is 6.04 Å². The first-order chi connectivity index (χ1) is 9.31. The molecule has 0 radical (unpaired) electrons. The topological polar surface area (TPSA) is 24.9 Å². The summed E-state index contributed by atoms with van der Waals surface area (Å²) in [5.74, 6) is 0. The van der Waals surface area contributed by atoms with Crippen LogP contribution in [0, 0.1) is 0 Å². The van der Waals surface area contributed by atoms with Crippen LogP contribution in [0.1, 0.15) is 30.6 Å². The summed E-state index contributed by atoms with van der Waals surface area (Å²) in [4.78, 5) is 4.38. The van der Waals surface area contributed by atoms with Gasteiger partial charge in [-0.25, -0.2) is 0 Å². The van der Waals surface area contributed by atoms with E-state index < -0.39 is 0 Å². The van der Waals surface area contributed by atoms with Crippen molar-refractivity contribution in [1.82, 2.24) is 10.3 Å². The molecule has 1 aromatic carbocycles. The summed E-state index contributed by atoms with van der Waals surface area (Å²) in [6.45, 7) is 3.16. The fourth-order valence-corrected chi connectivity index (χ4v) is 2.27. The van der Waals surface area contributed by atoms with Crippen LogP contribution in [0.15, 0.2) is 48.7 Å². The van der Waals surface area contributed by atoms with E-state index in [2.05, 4.69) is 41.5 Å². The zero-order valence-electron chi connectivity index (χ0n) is 11.1. The number of rotatable bonds is 6. The lowest BCUT2D eigenvalue weighted by Crippen LogP contribution is -2.24. The van der Waals surface area contributed by atoms with Gasteiger partial charge >= 0.3 is 0 Å². The maximum Gasteiger partial charge on any atom is 0.0622 e. The van der Waals surface area contributed by atoms with E-state index in [9.17, 15) is 0 Å². The molecule has 1 unspecified atom stereocenters. The van der Waals surface area contributed by atoms with Gasteiger partial charge in [-0.1, -0.05) is 48.9 Å². The van der Waals surface area contributed by atoms with Crippen LogP contribution in [0.3, 0.4) is 0 Å². The molecule has 1 atom stereocenters. The monoisotopic (exact) mass is 274 g/mol. The molecule has 100 valence electrons. The fourth-order valence-electron chi connectivity index (χ4n) is 2.07. The van der Waals surface area contributed by atoms with Gasteiger partial charge in [0.05, 0.1) is 10.7 Å². The lowest BCUT2D eigenvalue weighted by atomic mass is 10.0. The van der Waals surface area contributed by atoms with Crippen LogP contribution in [-0.2, 0) is 6.42 Å². The van der Waals surface area contributed by atoms with Gasteiger partial charge in [0.2, 0.25) is 0 Å². The third-order valence-corrected chi connectivity index (χ3v) is 3.42. The molecule has 0 aliphatic carbocycles. The molecule has 0 aliphatic heterocycles. The molecule has 3 heteroatoms. The lowest BCUT2D eigenvalue weighted by Gasteiger charge is -2.19. The van der Waals surface area contributed by atoms with E-state index in [1.165, 1.54) is 5.56 Å². The molecule has 0 bridgehead atoms. The average molecular weight is 275 g/mol. The van der Waals surface area contributed by atoms with Gasteiger partial charge in [0.1, 0.15) is 0 Å². The second-order valence-corrected chi connectivity index (χ2v) is 4.96. The third kappa shape index (κ3) is 4.05. The Morgan fingerprint density at radius 3 is 2.63 bits per heavy atom. The second-order valence-electron chi connectivity index (χ2n) is 4.55. The maximum absolute atomic E-state index is 6.20. The molecule has 1 aromatic heterocycles. The predicted molar refractivity (Wildman–Crippen MR) is 80.4 cm³/mol. The van der Waals surface area contributed by atoms with E-state index in [0.29, 0.717) is 0 Å². The van der Waals surface area contributed by atoms with Crippen LogP contribution in [0.2, 0.25) is 5.02 Å². The normalized spacial score (nSPS) is 12.3. The number of nitrogens with zero attached hydrogens (tertiary/aromatic N) is 1. The second kappa shape index (κ2) is 7.27. The minimum Gasteiger partial charge on any atom is -0.310 e. The SMILES string of the molecule is CCCNC(Cc1ncccc1Cl)c1ccccc1. The quantitative estimate of drug-likeness (QED) is 0.861. The average Bonchev–Trinajstić information content (AvgIpc) is 2.46. The number of hydrogen-bond acceptors (Lipinski definition) is 2. The zero-order chi connectivity index (χ0) is 13.5. The zero-order valence-corrected chi connectivity index (χ0v) is 11.9. The molecule has 1 N–H and O–H groups in total. The van der Waals surface area contributed by atoms with Gasteiger partial charge in [-0.05, 0) is 30.7 Å². The van der Waals surface area contributed by atoms with Gasteiger partial charge in [0.15, 0.2) is 0 Å².